The molecule has 108 valence electrons. The quantitative estimate of drug-likeness (QED) is 0.568. The number of esters is 1. The van der Waals surface area contributed by atoms with Gasteiger partial charge >= 0.3 is 5.97 Å². The van der Waals surface area contributed by atoms with E-state index in [-0.39, 0.29) is 28.0 Å². The number of carbonyl (C=O) groups excluding carboxylic acids is 2. The van der Waals surface area contributed by atoms with Crippen molar-refractivity contribution in [2.75, 3.05) is 6.61 Å². The first-order valence-electron chi connectivity index (χ1n) is 7.39. The molecule has 0 unspecified atom stereocenters. The summed E-state index contributed by atoms with van der Waals surface area (Å²) in [7, 11) is 0. The predicted molar refractivity (Wildman–Crippen MR) is 73.6 cm³/mol. The minimum absolute atomic E-state index is 0.0103. The maximum absolute atomic E-state index is 12.5. The number of ether oxygens (including phenoxy) is 1. The molecule has 19 heavy (non-hydrogen) atoms. The number of hydrogen-bond donors (Lipinski definition) is 0. The van der Waals surface area contributed by atoms with Crippen molar-refractivity contribution in [1.82, 2.24) is 0 Å². The molecule has 0 heterocycles. The Morgan fingerprint density at radius 1 is 1.26 bits per heavy atom. The molecule has 2 rings (SSSR count). The number of ketones is 1. The first kappa shape index (κ1) is 14.5. The van der Waals surface area contributed by atoms with Gasteiger partial charge in [0.2, 0.25) is 0 Å². The van der Waals surface area contributed by atoms with Crippen molar-refractivity contribution >= 4 is 11.8 Å². The fourth-order valence-corrected chi connectivity index (χ4v) is 4.67. The highest BCUT2D eigenvalue weighted by atomic mass is 16.5. The van der Waals surface area contributed by atoms with Gasteiger partial charge in [-0.15, -0.1) is 0 Å². The molecule has 0 N–H and O–H groups in total. The van der Waals surface area contributed by atoms with Gasteiger partial charge in [0.15, 0.2) is 0 Å². The summed E-state index contributed by atoms with van der Waals surface area (Å²) >= 11 is 0. The third-order valence-electron chi connectivity index (χ3n) is 6.18. The van der Waals surface area contributed by atoms with Gasteiger partial charge in [0.05, 0.1) is 6.61 Å². The highest BCUT2D eigenvalue weighted by molar-refractivity contribution is 6.02. The van der Waals surface area contributed by atoms with E-state index in [0.29, 0.717) is 13.0 Å². The molecule has 2 saturated carbocycles. The second kappa shape index (κ2) is 4.32. The average molecular weight is 266 g/mol. The molecule has 0 bridgehead atoms. The number of carbonyl (C=O) groups is 2. The van der Waals surface area contributed by atoms with Crippen LogP contribution >= 0.6 is 0 Å². The van der Waals surface area contributed by atoms with Crippen LogP contribution in [0.25, 0.3) is 0 Å². The van der Waals surface area contributed by atoms with Gasteiger partial charge in [-0.2, -0.15) is 0 Å². The van der Waals surface area contributed by atoms with E-state index in [9.17, 15) is 9.59 Å². The van der Waals surface area contributed by atoms with Crippen molar-refractivity contribution in [3.05, 3.63) is 0 Å². The molecule has 0 amide bonds. The van der Waals surface area contributed by atoms with E-state index in [1.54, 1.807) is 6.92 Å². The minimum atomic E-state index is -0.576. The number of fused-ring (bicyclic) bond motifs is 1. The third-order valence-corrected chi connectivity index (χ3v) is 6.18. The zero-order chi connectivity index (χ0) is 14.5. The van der Waals surface area contributed by atoms with Gasteiger partial charge in [-0.1, -0.05) is 34.1 Å². The lowest BCUT2D eigenvalue weighted by molar-refractivity contribution is -0.166. The van der Waals surface area contributed by atoms with Crippen LogP contribution in [-0.4, -0.2) is 18.4 Å². The summed E-state index contributed by atoms with van der Waals surface area (Å²) in [6, 6.07) is 0. The summed E-state index contributed by atoms with van der Waals surface area (Å²) in [5.74, 6) is -0.806. The molecule has 0 aliphatic heterocycles. The molecule has 3 nitrogen and oxygen atoms in total. The zero-order valence-corrected chi connectivity index (χ0v) is 12.8. The van der Waals surface area contributed by atoms with Gasteiger partial charge in [-0.25, -0.2) is 0 Å². The second-order valence-corrected chi connectivity index (χ2v) is 7.33. The topological polar surface area (TPSA) is 43.4 Å². The van der Waals surface area contributed by atoms with E-state index in [4.69, 9.17) is 4.74 Å². The largest absolute Gasteiger partial charge is 0.465 e. The summed E-state index contributed by atoms with van der Waals surface area (Å²) < 4.78 is 5.19. The fraction of sp³-hybridized carbons (Fsp3) is 0.875. The molecule has 2 fully saturated rings. The summed E-state index contributed by atoms with van der Waals surface area (Å²) in [5.41, 5.74) is -0.367. The smallest absolute Gasteiger partial charge is 0.317 e. The molecule has 2 aliphatic carbocycles. The Balaban J connectivity index is 2.49. The maximum Gasteiger partial charge on any atom is 0.317 e. The molecule has 0 spiro atoms. The van der Waals surface area contributed by atoms with Crippen molar-refractivity contribution < 1.29 is 14.3 Å². The van der Waals surface area contributed by atoms with E-state index >= 15 is 0 Å². The van der Waals surface area contributed by atoms with Gasteiger partial charge in [0.25, 0.3) is 0 Å². The number of Topliss-reactive ketones (excluding diaryl/α,β-unsaturated/α-hetero) is 1. The van der Waals surface area contributed by atoms with E-state index in [1.807, 2.05) is 0 Å². The van der Waals surface area contributed by atoms with Crippen molar-refractivity contribution in [2.45, 2.75) is 60.3 Å². The van der Waals surface area contributed by atoms with Gasteiger partial charge in [-0.05, 0) is 36.0 Å². The molecule has 3 atom stereocenters. The Morgan fingerprint density at radius 2 is 1.89 bits per heavy atom. The van der Waals surface area contributed by atoms with Crippen LogP contribution in [0, 0.1) is 22.2 Å². The maximum atomic E-state index is 12.5. The van der Waals surface area contributed by atoms with Crippen molar-refractivity contribution in [3.63, 3.8) is 0 Å². The summed E-state index contributed by atoms with van der Waals surface area (Å²) in [5, 5.41) is 0. The lowest BCUT2D eigenvalue weighted by Gasteiger charge is -2.57. The van der Waals surface area contributed by atoms with Crippen LogP contribution in [0.15, 0.2) is 0 Å². The van der Waals surface area contributed by atoms with Crippen LogP contribution < -0.4 is 0 Å². The molecule has 0 aromatic carbocycles. The minimum Gasteiger partial charge on any atom is -0.465 e. The standard InChI is InChI=1S/C16H26O3/c1-6-19-13(18)12-11(17)10-15(4)9-7-8-14(2,3)16(12,15)5/h12H,6-10H2,1-5H3/t12-,15+,16+/m0/s1. The SMILES string of the molecule is CCOC(=O)[C@@H]1C(=O)C[C@@]2(C)CCCC(C)(C)[C@@]12C. The molecule has 0 radical (unpaired) electrons. The van der Waals surface area contributed by atoms with Gasteiger partial charge < -0.3 is 4.74 Å². The number of hydrogen-bond acceptors (Lipinski definition) is 3. The molecular formula is C16H26O3. The third kappa shape index (κ3) is 1.77. The average Bonchev–Trinajstić information content (AvgIpc) is 2.47. The fourth-order valence-electron chi connectivity index (χ4n) is 4.67. The predicted octanol–water partition coefficient (Wildman–Crippen LogP) is 3.36. The summed E-state index contributed by atoms with van der Waals surface area (Å²) in [6.45, 7) is 10.9. The van der Waals surface area contributed by atoms with Crippen molar-refractivity contribution in [2.24, 2.45) is 22.2 Å². The van der Waals surface area contributed by atoms with E-state index < -0.39 is 5.92 Å². The lowest BCUT2D eigenvalue weighted by atomic mass is 9.46. The Labute approximate surface area is 116 Å². The Hall–Kier alpha value is -0.860. The van der Waals surface area contributed by atoms with Crippen LogP contribution in [0.5, 0.6) is 0 Å². The van der Waals surface area contributed by atoms with Gasteiger partial charge in [-0.3, -0.25) is 9.59 Å². The highest BCUT2D eigenvalue weighted by Crippen LogP contribution is 2.68. The van der Waals surface area contributed by atoms with E-state index in [2.05, 4.69) is 27.7 Å². The zero-order valence-electron chi connectivity index (χ0n) is 12.8. The second-order valence-electron chi connectivity index (χ2n) is 7.33. The van der Waals surface area contributed by atoms with E-state index in [1.165, 1.54) is 0 Å². The van der Waals surface area contributed by atoms with Crippen LogP contribution in [0.3, 0.4) is 0 Å². The molecule has 0 aromatic heterocycles. The number of rotatable bonds is 2. The van der Waals surface area contributed by atoms with E-state index in [0.717, 1.165) is 19.3 Å². The Morgan fingerprint density at radius 3 is 2.47 bits per heavy atom. The molecule has 0 aromatic rings. The summed E-state index contributed by atoms with van der Waals surface area (Å²) in [6.07, 6.45) is 3.77. The molecule has 0 saturated heterocycles. The summed E-state index contributed by atoms with van der Waals surface area (Å²) in [4.78, 5) is 24.8. The first-order valence-corrected chi connectivity index (χ1v) is 7.39. The first-order chi connectivity index (χ1) is 8.69. The molecule has 3 heteroatoms. The van der Waals surface area contributed by atoms with Gasteiger partial charge in [0.1, 0.15) is 11.7 Å². The highest BCUT2D eigenvalue weighted by Gasteiger charge is 2.68. The Bertz CT molecular complexity index is 404. The van der Waals surface area contributed by atoms with Crippen LogP contribution in [-0.2, 0) is 14.3 Å². The molecular weight excluding hydrogens is 240 g/mol. The monoisotopic (exact) mass is 266 g/mol. The molecule has 2 aliphatic rings. The Kier molecular flexibility index (Phi) is 3.31. The van der Waals surface area contributed by atoms with Crippen molar-refractivity contribution in [3.8, 4) is 0 Å². The normalized spacial score (nSPS) is 40.9. The van der Waals surface area contributed by atoms with Crippen molar-refractivity contribution in [1.29, 1.82) is 0 Å². The van der Waals surface area contributed by atoms with Gasteiger partial charge in [0, 0.05) is 6.42 Å². The van der Waals surface area contributed by atoms with Crippen LogP contribution in [0.1, 0.15) is 60.3 Å². The van der Waals surface area contributed by atoms with Crippen LogP contribution in [0.4, 0.5) is 0 Å². The lowest BCUT2D eigenvalue weighted by Crippen LogP contribution is -2.53. The van der Waals surface area contributed by atoms with Crippen LogP contribution in [0.2, 0.25) is 0 Å².